The lowest BCUT2D eigenvalue weighted by atomic mass is 9.75. The fourth-order valence-corrected chi connectivity index (χ4v) is 4.17. The number of nitrogens with one attached hydrogen (secondary N) is 1. The van der Waals surface area contributed by atoms with Gasteiger partial charge in [0.25, 0.3) is 0 Å². The molecule has 0 aliphatic carbocycles. The standard InChI is InChI=1S/C28H33FN2O4/c1-3-5-14-28(27(33)34,15-6-4-2)18-26(32)31-22-8-7-9-24(17-22)35-19-23-13-11-20-10-12-21(29)16-25(20)30-23/h7-13,16-17H,3-6,14-15,18-19H2,1-2H3,(H,31,32)(H,33,34). The van der Waals surface area contributed by atoms with Crippen molar-refractivity contribution in [2.75, 3.05) is 5.32 Å². The topological polar surface area (TPSA) is 88.5 Å². The number of anilines is 1. The molecule has 0 fully saturated rings. The average molecular weight is 481 g/mol. The van der Waals surface area contributed by atoms with Crippen molar-refractivity contribution < 1.29 is 23.8 Å². The van der Waals surface area contributed by atoms with E-state index in [1.165, 1.54) is 12.1 Å². The van der Waals surface area contributed by atoms with Crippen LogP contribution in [0.3, 0.4) is 0 Å². The van der Waals surface area contributed by atoms with Gasteiger partial charge in [0, 0.05) is 29.6 Å². The molecule has 1 amide bonds. The minimum Gasteiger partial charge on any atom is -0.487 e. The van der Waals surface area contributed by atoms with Gasteiger partial charge in [-0.3, -0.25) is 9.59 Å². The number of aromatic nitrogens is 1. The van der Waals surface area contributed by atoms with Crippen LogP contribution in [-0.4, -0.2) is 22.0 Å². The van der Waals surface area contributed by atoms with E-state index in [-0.39, 0.29) is 24.8 Å². The van der Waals surface area contributed by atoms with Gasteiger partial charge in [0.1, 0.15) is 18.2 Å². The monoisotopic (exact) mass is 480 g/mol. The number of carboxylic acid groups (broad SMARTS) is 1. The molecule has 7 heteroatoms. The highest BCUT2D eigenvalue weighted by Gasteiger charge is 2.39. The zero-order valence-corrected chi connectivity index (χ0v) is 20.4. The highest BCUT2D eigenvalue weighted by Crippen LogP contribution is 2.36. The van der Waals surface area contributed by atoms with Crippen LogP contribution in [-0.2, 0) is 16.2 Å². The van der Waals surface area contributed by atoms with Gasteiger partial charge < -0.3 is 15.2 Å². The molecule has 0 aliphatic heterocycles. The molecule has 0 saturated heterocycles. The number of carbonyl (C=O) groups is 2. The maximum atomic E-state index is 13.5. The summed E-state index contributed by atoms with van der Waals surface area (Å²) >= 11 is 0. The van der Waals surface area contributed by atoms with E-state index in [2.05, 4.69) is 10.3 Å². The number of carbonyl (C=O) groups excluding carboxylic acids is 1. The van der Waals surface area contributed by atoms with E-state index in [9.17, 15) is 19.1 Å². The Kier molecular flexibility index (Phi) is 9.18. The molecule has 0 bridgehead atoms. The van der Waals surface area contributed by atoms with Crippen molar-refractivity contribution in [2.24, 2.45) is 5.41 Å². The van der Waals surface area contributed by atoms with Gasteiger partial charge in [0.15, 0.2) is 0 Å². The lowest BCUT2D eigenvalue weighted by Crippen LogP contribution is -2.35. The van der Waals surface area contributed by atoms with Gasteiger partial charge in [-0.2, -0.15) is 0 Å². The molecule has 1 aromatic heterocycles. The van der Waals surface area contributed by atoms with Gasteiger partial charge in [-0.1, -0.05) is 51.7 Å². The molecule has 0 unspecified atom stereocenters. The maximum absolute atomic E-state index is 13.5. The molecule has 0 spiro atoms. The van der Waals surface area contributed by atoms with Gasteiger partial charge in [-0.05, 0) is 43.2 Å². The Balaban J connectivity index is 1.65. The fourth-order valence-electron chi connectivity index (χ4n) is 4.17. The molecular formula is C28H33FN2O4. The predicted molar refractivity (Wildman–Crippen MR) is 135 cm³/mol. The Hall–Kier alpha value is -3.48. The zero-order chi connectivity index (χ0) is 25.3. The number of hydrogen-bond acceptors (Lipinski definition) is 4. The van der Waals surface area contributed by atoms with Crippen LogP contribution in [0.2, 0.25) is 0 Å². The SMILES string of the molecule is CCCCC(CCCC)(CC(=O)Nc1cccc(OCc2ccc3ccc(F)cc3n2)c1)C(=O)O. The molecule has 2 aromatic carbocycles. The van der Waals surface area contributed by atoms with E-state index < -0.39 is 11.4 Å². The first-order valence-electron chi connectivity index (χ1n) is 12.2. The number of nitrogens with zero attached hydrogens (tertiary/aromatic N) is 1. The average Bonchev–Trinajstić information content (AvgIpc) is 2.84. The summed E-state index contributed by atoms with van der Waals surface area (Å²) in [6.07, 6.45) is 4.19. The molecular weight excluding hydrogens is 447 g/mol. The fraction of sp³-hybridized carbons (Fsp3) is 0.393. The molecule has 0 aliphatic rings. The van der Waals surface area contributed by atoms with Crippen LogP contribution >= 0.6 is 0 Å². The van der Waals surface area contributed by atoms with E-state index in [1.54, 1.807) is 30.3 Å². The molecule has 2 N–H and O–H groups in total. The van der Waals surface area contributed by atoms with Gasteiger partial charge in [-0.15, -0.1) is 0 Å². The van der Waals surface area contributed by atoms with Crippen molar-refractivity contribution in [2.45, 2.75) is 65.4 Å². The molecule has 0 saturated carbocycles. The maximum Gasteiger partial charge on any atom is 0.310 e. The van der Waals surface area contributed by atoms with Crippen LogP contribution in [0.15, 0.2) is 54.6 Å². The smallest absolute Gasteiger partial charge is 0.310 e. The molecule has 186 valence electrons. The number of hydrogen-bond donors (Lipinski definition) is 2. The number of halogens is 1. The summed E-state index contributed by atoms with van der Waals surface area (Å²) in [5.41, 5.74) is 0.688. The van der Waals surface area contributed by atoms with E-state index >= 15 is 0 Å². The van der Waals surface area contributed by atoms with E-state index in [0.29, 0.717) is 35.5 Å². The third-order valence-electron chi connectivity index (χ3n) is 6.19. The van der Waals surface area contributed by atoms with Gasteiger partial charge in [0.2, 0.25) is 5.91 Å². The highest BCUT2D eigenvalue weighted by molar-refractivity contribution is 5.94. The Morgan fingerprint density at radius 2 is 1.74 bits per heavy atom. The summed E-state index contributed by atoms with van der Waals surface area (Å²) in [4.78, 5) is 29.5. The highest BCUT2D eigenvalue weighted by atomic mass is 19.1. The van der Waals surface area contributed by atoms with Crippen molar-refractivity contribution in [1.82, 2.24) is 4.98 Å². The number of amides is 1. The van der Waals surface area contributed by atoms with Gasteiger partial charge in [-0.25, -0.2) is 9.37 Å². The van der Waals surface area contributed by atoms with E-state index in [4.69, 9.17) is 4.74 Å². The lowest BCUT2D eigenvalue weighted by Gasteiger charge is -2.29. The second-order valence-electron chi connectivity index (χ2n) is 8.97. The molecule has 3 rings (SSSR count). The molecule has 0 radical (unpaired) electrons. The van der Waals surface area contributed by atoms with Crippen LogP contribution in [0, 0.1) is 11.2 Å². The van der Waals surface area contributed by atoms with Crippen LogP contribution in [0.1, 0.15) is 64.5 Å². The predicted octanol–water partition coefficient (Wildman–Crippen LogP) is 6.73. The number of rotatable bonds is 13. The first kappa shape index (κ1) is 26.1. The molecule has 3 aromatic rings. The molecule has 6 nitrogen and oxygen atoms in total. The summed E-state index contributed by atoms with van der Waals surface area (Å²) in [7, 11) is 0. The first-order valence-corrected chi connectivity index (χ1v) is 12.2. The number of benzene rings is 2. The first-order chi connectivity index (χ1) is 16.8. The van der Waals surface area contributed by atoms with Crippen molar-refractivity contribution in [1.29, 1.82) is 0 Å². The quantitative estimate of drug-likeness (QED) is 0.283. The van der Waals surface area contributed by atoms with Gasteiger partial charge >= 0.3 is 5.97 Å². The summed E-state index contributed by atoms with van der Waals surface area (Å²) in [6.45, 7) is 4.22. The molecule has 1 heterocycles. The molecule has 0 atom stereocenters. The minimum atomic E-state index is -1.05. The van der Waals surface area contributed by atoms with Crippen molar-refractivity contribution in [3.63, 3.8) is 0 Å². The number of aliphatic carboxylic acids is 1. The number of pyridine rings is 1. The van der Waals surface area contributed by atoms with Crippen LogP contribution in [0.25, 0.3) is 10.9 Å². The van der Waals surface area contributed by atoms with E-state index in [0.717, 1.165) is 31.1 Å². The minimum absolute atomic E-state index is 0.0645. The van der Waals surface area contributed by atoms with Crippen molar-refractivity contribution in [3.05, 3.63) is 66.1 Å². The normalized spacial score (nSPS) is 11.4. The second kappa shape index (κ2) is 12.3. The number of carboxylic acids is 1. The summed E-state index contributed by atoms with van der Waals surface area (Å²) in [5.74, 6) is -1.04. The Morgan fingerprint density at radius 3 is 2.43 bits per heavy atom. The Morgan fingerprint density at radius 1 is 1.03 bits per heavy atom. The van der Waals surface area contributed by atoms with Crippen LogP contribution < -0.4 is 10.1 Å². The number of unbranched alkanes of at least 4 members (excludes halogenated alkanes) is 2. The van der Waals surface area contributed by atoms with Crippen LogP contribution in [0.5, 0.6) is 5.75 Å². The van der Waals surface area contributed by atoms with Crippen molar-refractivity contribution in [3.8, 4) is 5.75 Å². The number of fused-ring (bicyclic) bond motifs is 1. The third-order valence-corrected chi connectivity index (χ3v) is 6.19. The zero-order valence-electron chi connectivity index (χ0n) is 20.4. The lowest BCUT2D eigenvalue weighted by molar-refractivity contribution is -0.152. The Labute approximate surface area is 205 Å². The van der Waals surface area contributed by atoms with E-state index in [1.807, 2.05) is 26.0 Å². The summed E-state index contributed by atoms with van der Waals surface area (Å²) in [6, 6.07) is 15.1. The Bertz CT molecular complexity index is 1160. The largest absolute Gasteiger partial charge is 0.487 e. The van der Waals surface area contributed by atoms with Crippen LogP contribution in [0.4, 0.5) is 10.1 Å². The number of ether oxygens (including phenoxy) is 1. The molecule has 35 heavy (non-hydrogen) atoms. The van der Waals surface area contributed by atoms with Gasteiger partial charge in [0.05, 0.1) is 16.6 Å². The van der Waals surface area contributed by atoms with Crippen molar-refractivity contribution >= 4 is 28.5 Å². The summed E-state index contributed by atoms with van der Waals surface area (Å²) in [5, 5.41) is 13.6. The third kappa shape index (κ3) is 7.25. The summed E-state index contributed by atoms with van der Waals surface area (Å²) < 4.78 is 19.3. The second-order valence-corrected chi connectivity index (χ2v) is 8.97.